The molecule has 4 heteroatoms. The Morgan fingerprint density at radius 1 is 1.35 bits per heavy atom. The van der Waals surface area contributed by atoms with Crippen LogP contribution in [-0.4, -0.2) is 24.0 Å². The number of nitrogens with zero attached hydrogens (tertiary/aromatic N) is 1. The molecule has 20 heavy (non-hydrogen) atoms. The third-order valence-corrected chi connectivity index (χ3v) is 3.84. The lowest BCUT2D eigenvalue weighted by Crippen LogP contribution is -2.37. The van der Waals surface area contributed by atoms with E-state index >= 15 is 0 Å². The molecule has 0 atom stereocenters. The first-order chi connectivity index (χ1) is 9.26. The van der Waals surface area contributed by atoms with Gasteiger partial charge in [0.1, 0.15) is 5.82 Å². The van der Waals surface area contributed by atoms with Gasteiger partial charge in [0, 0.05) is 24.3 Å². The highest BCUT2D eigenvalue weighted by atomic mass is 16.1. The molecule has 0 aromatic carbocycles. The molecule has 0 aliphatic rings. The highest BCUT2D eigenvalue weighted by Crippen LogP contribution is 2.24. The molecule has 0 saturated heterocycles. The predicted octanol–water partition coefficient (Wildman–Crippen LogP) is 3.23. The van der Waals surface area contributed by atoms with Crippen molar-refractivity contribution in [1.82, 2.24) is 10.3 Å². The number of aromatic nitrogens is 1. The standard InChI is InChI=1S/C16H27N3O/c1-7-17-14-9-13(8-12(4)19-14)15(20)18-10-16(5,6)11(2)3/h8-9,11H,7,10H2,1-6H3,(H,17,19)(H,18,20). The second kappa shape index (κ2) is 6.73. The third kappa shape index (κ3) is 4.51. The van der Waals surface area contributed by atoms with Crippen molar-refractivity contribution in [2.24, 2.45) is 11.3 Å². The largest absolute Gasteiger partial charge is 0.370 e. The summed E-state index contributed by atoms with van der Waals surface area (Å²) in [5.41, 5.74) is 1.59. The molecule has 0 saturated carbocycles. The van der Waals surface area contributed by atoms with E-state index in [2.05, 4.69) is 43.3 Å². The molecule has 1 amide bonds. The zero-order valence-electron chi connectivity index (χ0n) is 13.5. The van der Waals surface area contributed by atoms with E-state index in [1.54, 1.807) is 6.07 Å². The summed E-state index contributed by atoms with van der Waals surface area (Å²) in [4.78, 5) is 16.6. The van der Waals surface area contributed by atoms with Crippen LogP contribution in [0.15, 0.2) is 12.1 Å². The molecule has 0 aliphatic heterocycles. The van der Waals surface area contributed by atoms with Crippen LogP contribution >= 0.6 is 0 Å². The molecule has 2 N–H and O–H groups in total. The van der Waals surface area contributed by atoms with Crippen LogP contribution in [0.25, 0.3) is 0 Å². The molecular formula is C16H27N3O. The molecular weight excluding hydrogens is 250 g/mol. The first-order valence-corrected chi connectivity index (χ1v) is 7.27. The van der Waals surface area contributed by atoms with Crippen molar-refractivity contribution in [1.29, 1.82) is 0 Å². The zero-order valence-corrected chi connectivity index (χ0v) is 13.5. The molecule has 1 rings (SSSR count). The Morgan fingerprint density at radius 2 is 2.00 bits per heavy atom. The molecule has 1 aromatic heterocycles. The molecule has 0 bridgehead atoms. The lowest BCUT2D eigenvalue weighted by Gasteiger charge is -2.29. The first kappa shape index (κ1) is 16.5. The van der Waals surface area contributed by atoms with Crippen LogP contribution < -0.4 is 10.6 Å². The number of nitrogens with one attached hydrogen (secondary N) is 2. The Morgan fingerprint density at radius 3 is 2.55 bits per heavy atom. The van der Waals surface area contributed by atoms with Crippen molar-refractivity contribution < 1.29 is 4.79 Å². The molecule has 0 spiro atoms. The monoisotopic (exact) mass is 277 g/mol. The van der Waals surface area contributed by atoms with E-state index in [-0.39, 0.29) is 11.3 Å². The molecule has 0 aliphatic carbocycles. The SMILES string of the molecule is CCNc1cc(C(=O)NCC(C)(C)C(C)C)cc(C)n1. The van der Waals surface area contributed by atoms with Gasteiger partial charge in [0.25, 0.3) is 5.91 Å². The molecule has 0 fully saturated rings. The second-order valence-corrected chi connectivity index (χ2v) is 6.24. The Bertz CT molecular complexity index is 467. The van der Waals surface area contributed by atoms with Crippen molar-refractivity contribution in [3.05, 3.63) is 23.4 Å². The van der Waals surface area contributed by atoms with Gasteiger partial charge in [0.2, 0.25) is 0 Å². The molecule has 1 heterocycles. The Hall–Kier alpha value is -1.58. The summed E-state index contributed by atoms with van der Waals surface area (Å²) in [6, 6.07) is 3.62. The van der Waals surface area contributed by atoms with Crippen molar-refractivity contribution in [2.45, 2.75) is 41.5 Å². The lowest BCUT2D eigenvalue weighted by atomic mass is 9.81. The van der Waals surface area contributed by atoms with Gasteiger partial charge in [-0.05, 0) is 37.3 Å². The number of amides is 1. The van der Waals surface area contributed by atoms with Crippen LogP contribution in [0.3, 0.4) is 0 Å². The molecule has 0 unspecified atom stereocenters. The maximum atomic E-state index is 12.3. The molecule has 0 radical (unpaired) electrons. The van der Waals surface area contributed by atoms with E-state index < -0.39 is 0 Å². The smallest absolute Gasteiger partial charge is 0.251 e. The lowest BCUT2D eigenvalue weighted by molar-refractivity contribution is 0.0924. The van der Waals surface area contributed by atoms with Crippen LogP contribution in [0.4, 0.5) is 5.82 Å². The van der Waals surface area contributed by atoms with Gasteiger partial charge in [-0.3, -0.25) is 4.79 Å². The van der Waals surface area contributed by atoms with Crippen LogP contribution in [-0.2, 0) is 0 Å². The number of aryl methyl sites for hydroxylation is 1. The third-order valence-electron chi connectivity index (χ3n) is 3.84. The van der Waals surface area contributed by atoms with Crippen molar-refractivity contribution >= 4 is 11.7 Å². The predicted molar refractivity (Wildman–Crippen MR) is 84.1 cm³/mol. The first-order valence-electron chi connectivity index (χ1n) is 7.27. The number of pyridine rings is 1. The van der Waals surface area contributed by atoms with Gasteiger partial charge in [-0.1, -0.05) is 27.7 Å². The van der Waals surface area contributed by atoms with Gasteiger partial charge in [-0.25, -0.2) is 4.98 Å². The normalized spacial score (nSPS) is 11.6. The van der Waals surface area contributed by atoms with Crippen LogP contribution in [0.5, 0.6) is 0 Å². The highest BCUT2D eigenvalue weighted by molar-refractivity contribution is 5.95. The summed E-state index contributed by atoms with van der Waals surface area (Å²) in [5.74, 6) is 1.23. The topological polar surface area (TPSA) is 54.0 Å². The average molecular weight is 277 g/mol. The fraction of sp³-hybridized carbons (Fsp3) is 0.625. The van der Waals surface area contributed by atoms with E-state index in [0.717, 1.165) is 18.1 Å². The Kier molecular flexibility index (Phi) is 5.54. The Balaban J connectivity index is 2.77. The number of hydrogen-bond acceptors (Lipinski definition) is 3. The van der Waals surface area contributed by atoms with E-state index in [9.17, 15) is 4.79 Å². The van der Waals surface area contributed by atoms with Crippen LogP contribution in [0.2, 0.25) is 0 Å². The number of hydrogen-bond donors (Lipinski definition) is 2. The van der Waals surface area contributed by atoms with Crippen molar-refractivity contribution in [3.8, 4) is 0 Å². The quantitative estimate of drug-likeness (QED) is 0.839. The van der Waals surface area contributed by atoms with E-state index in [4.69, 9.17) is 0 Å². The number of carbonyl (C=O) groups is 1. The summed E-state index contributed by atoms with van der Waals surface area (Å²) in [6.45, 7) is 14.0. The van der Waals surface area contributed by atoms with Crippen LogP contribution in [0, 0.1) is 18.3 Å². The fourth-order valence-electron chi connectivity index (χ4n) is 1.69. The van der Waals surface area contributed by atoms with Gasteiger partial charge in [-0.15, -0.1) is 0 Å². The number of anilines is 1. The maximum Gasteiger partial charge on any atom is 0.251 e. The van der Waals surface area contributed by atoms with Gasteiger partial charge < -0.3 is 10.6 Å². The fourth-order valence-corrected chi connectivity index (χ4v) is 1.69. The highest BCUT2D eigenvalue weighted by Gasteiger charge is 2.23. The Labute approximate surface area is 122 Å². The summed E-state index contributed by atoms with van der Waals surface area (Å²) < 4.78 is 0. The summed E-state index contributed by atoms with van der Waals surface area (Å²) >= 11 is 0. The van der Waals surface area contributed by atoms with Gasteiger partial charge in [-0.2, -0.15) is 0 Å². The average Bonchev–Trinajstić information content (AvgIpc) is 2.35. The van der Waals surface area contributed by atoms with Crippen molar-refractivity contribution in [3.63, 3.8) is 0 Å². The summed E-state index contributed by atoms with van der Waals surface area (Å²) in [7, 11) is 0. The molecule has 4 nitrogen and oxygen atoms in total. The summed E-state index contributed by atoms with van der Waals surface area (Å²) in [6.07, 6.45) is 0. The zero-order chi connectivity index (χ0) is 15.3. The second-order valence-electron chi connectivity index (χ2n) is 6.24. The van der Waals surface area contributed by atoms with E-state index in [1.165, 1.54) is 0 Å². The van der Waals surface area contributed by atoms with Crippen molar-refractivity contribution in [2.75, 3.05) is 18.4 Å². The maximum absolute atomic E-state index is 12.3. The molecule has 112 valence electrons. The van der Waals surface area contributed by atoms with Gasteiger partial charge >= 0.3 is 0 Å². The van der Waals surface area contributed by atoms with Gasteiger partial charge in [0.05, 0.1) is 0 Å². The minimum Gasteiger partial charge on any atom is -0.370 e. The number of carbonyl (C=O) groups excluding carboxylic acids is 1. The minimum absolute atomic E-state index is 0.0385. The van der Waals surface area contributed by atoms with E-state index in [1.807, 2.05) is 19.9 Å². The van der Waals surface area contributed by atoms with Crippen LogP contribution in [0.1, 0.15) is 50.7 Å². The summed E-state index contributed by atoms with van der Waals surface area (Å²) in [5, 5.41) is 6.17. The number of rotatable bonds is 6. The minimum atomic E-state index is -0.0385. The van der Waals surface area contributed by atoms with Gasteiger partial charge in [0.15, 0.2) is 0 Å². The molecule has 1 aromatic rings. The van der Waals surface area contributed by atoms with E-state index in [0.29, 0.717) is 18.0 Å².